The highest BCUT2D eigenvalue weighted by Crippen LogP contribution is 2.40. The van der Waals surface area contributed by atoms with Crippen LogP contribution in [0.5, 0.6) is 0 Å². The van der Waals surface area contributed by atoms with E-state index >= 15 is 0 Å². The molecule has 0 saturated heterocycles. The highest BCUT2D eigenvalue weighted by Gasteiger charge is 2.42. The summed E-state index contributed by atoms with van der Waals surface area (Å²) in [7, 11) is 1.29. The molecule has 0 amide bonds. The molecule has 20 heavy (non-hydrogen) atoms. The smallest absolute Gasteiger partial charge is 0.330 e. The second-order valence-electron chi connectivity index (χ2n) is 5.94. The van der Waals surface area contributed by atoms with Crippen LogP contribution in [0, 0.1) is 23.7 Å². The molecule has 0 unspecified atom stereocenters. The molecule has 1 aliphatic rings. The van der Waals surface area contributed by atoms with Gasteiger partial charge in [-0.25, -0.2) is 4.79 Å². The fraction of sp³-hybridized carbons (Fsp3) is 0.688. The molecule has 1 fully saturated rings. The van der Waals surface area contributed by atoms with Gasteiger partial charge >= 0.3 is 5.97 Å². The van der Waals surface area contributed by atoms with Gasteiger partial charge < -0.3 is 4.74 Å². The van der Waals surface area contributed by atoms with Crippen LogP contribution in [0.25, 0.3) is 0 Å². The van der Waals surface area contributed by atoms with Crippen LogP contribution in [0.4, 0.5) is 0 Å². The van der Waals surface area contributed by atoms with Gasteiger partial charge in [0.05, 0.1) is 7.11 Å². The second-order valence-corrected chi connectivity index (χ2v) is 5.94. The van der Waals surface area contributed by atoms with Crippen LogP contribution in [0.2, 0.25) is 0 Å². The zero-order valence-electron chi connectivity index (χ0n) is 12.9. The summed E-state index contributed by atoms with van der Waals surface area (Å²) in [5.41, 5.74) is 0.460. The summed E-state index contributed by atoms with van der Waals surface area (Å²) >= 11 is 0. The summed E-state index contributed by atoms with van der Waals surface area (Å²) < 4.78 is 4.61. The standard InChI is InChI=1S/C16H24O4/c1-9(2)13(8-14(18)20-5)16(19)15-10(3)6-7-12(15)11(4)17/h8-10,12,15H,6-7H2,1-5H3/b13-8-/t10-,12+,15-/m1/s1. The monoisotopic (exact) mass is 280 g/mol. The number of carbonyl (C=O) groups excluding carboxylic acids is 3. The van der Waals surface area contributed by atoms with Gasteiger partial charge in [0.15, 0.2) is 5.78 Å². The molecule has 0 aromatic heterocycles. The van der Waals surface area contributed by atoms with Gasteiger partial charge in [0.1, 0.15) is 5.78 Å². The third-order valence-corrected chi connectivity index (χ3v) is 4.19. The van der Waals surface area contributed by atoms with Crippen LogP contribution in [0.3, 0.4) is 0 Å². The Balaban J connectivity index is 3.08. The maximum Gasteiger partial charge on any atom is 0.330 e. The van der Waals surface area contributed by atoms with E-state index in [-0.39, 0.29) is 35.2 Å². The highest BCUT2D eigenvalue weighted by atomic mass is 16.5. The number of hydrogen-bond acceptors (Lipinski definition) is 4. The Morgan fingerprint density at radius 2 is 1.80 bits per heavy atom. The van der Waals surface area contributed by atoms with Crippen molar-refractivity contribution in [2.45, 2.75) is 40.5 Å². The molecule has 0 heterocycles. The zero-order valence-corrected chi connectivity index (χ0v) is 12.9. The average Bonchev–Trinajstić information content (AvgIpc) is 2.76. The summed E-state index contributed by atoms with van der Waals surface area (Å²) in [6, 6.07) is 0. The molecule has 3 atom stereocenters. The first-order chi connectivity index (χ1) is 9.29. The van der Waals surface area contributed by atoms with Crippen LogP contribution >= 0.6 is 0 Å². The predicted octanol–water partition coefficient (Wildman–Crippen LogP) is 2.56. The van der Waals surface area contributed by atoms with E-state index in [2.05, 4.69) is 4.74 Å². The molecule has 112 valence electrons. The molecule has 4 heteroatoms. The number of Topliss-reactive ketones (excluding diaryl/α,β-unsaturated/α-hetero) is 2. The summed E-state index contributed by atoms with van der Waals surface area (Å²) in [5.74, 6) is -0.933. The molecule has 0 spiro atoms. The molecule has 0 aliphatic heterocycles. The minimum absolute atomic E-state index is 0.0638. The largest absolute Gasteiger partial charge is 0.466 e. The van der Waals surface area contributed by atoms with E-state index in [4.69, 9.17) is 0 Å². The molecule has 0 bridgehead atoms. The molecular weight excluding hydrogens is 256 g/mol. The Bertz CT molecular complexity index is 434. The number of esters is 1. The van der Waals surface area contributed by atoms with E-state index in [1.807, 2.05) is 20.8 Å². The molecule has 1 aliphatic carbocycles. The van der Waals surface area contributed by atoms with E-state index in [0.717, 1.165) is 12.8 Å². The van der Waals surface area contributed by atoms with Gasteiger partial charge in [-0.3, -0.25) is 9.59 Å². The molecule has 1 rings (SSSR count). The molecular formula is C16H24O4. The van der Waals surface area contributed by atoms with E-state index in [1.54, 1.807) is 6.92 Å². The fourth-order valence-electron chi connectivity index (χ4n) is 3.00. The normalized spacial score (nSPS) is 26.7. The highest BCUT2D eigenvalue weighted by molar-refractivity contribution is 6.04. The third-order valence-electron chi connectivity index (χ3n) is 4.19. The maximum absolute atomic E-state index is 12.7. The first-order valence-corrected chi connectivity index (χ1v) is 7.13. The van der Waals surface area contributed by atoms with Crippen molar-refractivity contribution in [3.05, 3.63) is 11.6 Å². The van der Waals surface area contributed by atoms with Crippen LogP contribution < -0.4 is 0 Å². The fourth-order valence-corrected chi connectivity index (χ4v) is 3.00. The Labute approximate surface area is 120 Å². The Hall–Kier alpha value is -1.45. The molecule has 0 radical (unpaired) electrons. The van der Waals surface area contributed by atoms with Crippen molar-refractivity contribution in [1.29, 1.82) is 0 Å². The number of ketones is 2. The van der Waals surface area contributed by atoms with Crippen molar-refractivity contribution >= 4 is 17.5 Å². The number of ether oxygens (including phenoxy) is 1. The molecule has 4 nitrogen and oxygen atoms in total. The summed E-state index contributed by atoms with van der Waals surface area (Å²) in [6.07, 6.45) is 2.91. The summed E-state index contributed by atoms with van der Waals surface area (Å²) in [6.45, 7) is 7.29. The molecule has 1 saturated carbocycles. The van der Waals surface area contributed by atoms with Crippen LogP contribution in [0.1, 0.15) is 40.5 Å². The lowest BCUT2D eigenvalue weighted by atomic mass is 9.79. The van der Waals surface area contributed by atoms with Crippen molar-refractivity contribution < 1.29 is 19.1 Å². The number of hydrogen-bond donors (Lipinski definition) is 0. The quantitative estimate of drug-likeness (QED) is 0.573. The van der Waals surface area contributed by atoms with Crippen LogP contribution in [-0.4, -0.2) is 24.6 Å². The van der Waals surface area contributed by atoms with Crippen molar-refractivity contribution in [1.82, 2.24) is 0 Å². The van der Waals surface area contributed by atoms with E-state index < -0.39 is 5.97 Å². The Morgan fingerprint density at radius 3 is 2.25 bits per heavy atom. The molecule has 0 N–H and O–H groups in total. The van der Waals surface area contributed by atoms with Crippen LogP contribution in [0.15, 0.2) is 11.6 Å². The summed E-state index contributed by atoms with van der Waals surface area (Å²) in [5, 5.41) is 0. The first kappa shape index (κ1) is 16.6. The topological polar surface area (TPSA) is 60.4 Å². The number of methoxy groups -OCH3 is 1. The lowest BCUT2D eigenvalue weighted by Crippen LogP contribution is -2.30. The van der Waals surface area contributed by atoms with E-state index in [1.165, 1.54) is 13.2 Å². The van der Waals surface area contributed by atoms with E-state index in [9.17, 15) is 14.4 Å². The van der Waals surface area contributed by atoms with Gasteiger partial charge in [-0.2, -0.15) is 0 Å². The minimum atomic E-state index is -0.521. The summed E-state index contributed by atoms with van der Waals surface area (Å²) in [4.78, 5) is 35.9. The van der Waals surface area contributed by atoms with Crippen molar-refractivity contribution in [3.63, 3.8) is 0 Å². The van der Waals surface area contributed by atoms with Gasteiger partial charge in [-0.1, -0.05) is 20.8 Å². The van der Waals surface area contributed by atoms with Crippen molar-refractivity contribution in [3.8, 4) is 0 Å². The predicted molar refractivity (Wildman–Crippen MR) is 76.0 cm³/mol. The van der Waals surface area contributed by atoms with Crippen molar-refractivity contribution in [2.75, 3.05) is 7.11 Å². The van der Waals surface area contributed by atoms with Gasteiger partial charge in [0, 0.05) is 23.5 Å². The lowest BCUT2D eigenvalue weighted by molar-refractivity contribution is -0.135. The minimum Gasteiger partial charge on any atom is -0.466 e. The zero-order chi connectivity index (χ0) is 15.4. The second kappa shape index (κ2) is 6.82. The molecule has 0 aromatic carbocycles. The van der Waals surface area contributed by atoms with Gasteiger partial charge in [0.2, 0.25) is 0 Å². The van der Waals surface area contributed by atoms with Crippen molar-refractivity contribution in [2.24, 2.45) is 23.7 Å². The van der Waals surface area contributed by atoms with E-state index in [0.29, 0.717) is 5.57 Å². The van der Waals surface area contributed by atoms with Gasteiger partial charge in [-0.05, 0) is 31.6 Å². The lowest BCUT2D eigenvalue weighted by Gasteiger charge is -2.22. The van der Waals surface area contributed by atoms with Gasteiger partial charge in [0.25, 0.3) is 0 Å². The molecule has 0 aromatic rings. The third kappa shape index (κ3) is 3.56. The Morgan fingerprint density at radius 1 is 1.20 bits per heavy atom. The Kier molecular flexibility index (Phi) is 5.66. The average molecular weight is 280 g/mol. The number of allylic oxidation sites excluding steroid dienone is 1. The first-order valence-electron chi connectivity index (χ1n) is 7.13. The maximum atomic E-state index is 12.7. The SMILES string of the molecule is COC(=O)/C=C(\C(=O)[C@@H]1[C@H](C)CC[C@H]1C(C)=O)C(C)C. The number of rotatable bonds is 5. The van der Waals surface area contributed by atoms with Crippen LogP contribution in [-0.2, 0) is 19.1 Å². The van der Waals surface area contributed by atoms with Gasteiger partial charge in [-0.15, -0.1) is 0 Å². The number of carbonyl (C=O) groups is 3.